The summed E-state index contributed by atoms with van der Waals surface area (Å²) in [6.07, 6.45) is 1.57. The summed E-state index contributed by atoms with van der Waals surface area (Å²) in [6.45, 7) is 2.21. The highest BCUT2D eigenvalue weighted by atomic mass is 16.5. The Morgan fingerprint density at radius 3 is 2.61 bits per heavy atom. The molecule has 0 bridgehead atoms. The molecule has 1 aliphatic heterocycles. The van der Waals surface area contributed by atoms with Crippen LogP contribution in [0, 0.1) is 0 Å². The lowest BCUT2D eigenvalue weighted by Gasteiger charge is -2.24. The number of methoxy groups -OCH3 is 1. The van der Waals surface area contributed by atoms with Gasteiger partial charge in [-0.15, -0.1) is 0 Å². The molecule has 0 aromatic heterocycles. The summed E-state index contributed by atoms with van der Waals surface area (Å²) in [5.74, 6) is 0.809. The van der Waals surface area contributed by atoms with Gasteiger partial charge in [-0.05, 0) is 30.5 Å². The molecule has 0 spiro atoms. The van der Waals surface area contributed by atoms with Crippen LogP contribution >= 0.6 is 0 Å². The second-order valence-corrected chi connectivity index (χ2v) is 4.58. The zero-order valence-electron chi connectivity index (χ0n) is 10.8. The molecule has 4 nitrogen and oxygen atoms in total. The molecule has 0 radical (unpaired) electrons. The fraction of sp³-hybridized carbons (Fsp3) is 0.571. The molecular weight excluding hydrogens is 230 g/mol. The van der Waals surface area contributed by atoms with Crippen LogP contribution in [0.15, 0.2) is 24.3 Å². The normalized spacial score (nSPS) is 18.6. The van der Waals surface area contributed by atoms with E-state index in [9.17, 15) is 5.11 Å². The van der Waals surface area contributed by atoms with Gasteiger partial charge in [0.2, 0.25) is 0 Å². The average Bonchev–Trinajstić information content (AvgIpc) is 2.46. The first-order valence-electron chi connectivity index (χ1n) is 6.42. The highest BCUT2D eigenvalue weighted by Crippen LogP contribution is 2.17. The van der Waals surface area contributed by atoms with E-state index in [2.05, 4.69) is 5.32 Å². The number of hydrogen-bond acceptors (Lipinski definition) is 4. The van der Waals surface area contributed by atoms with Gasteiger partial charge in [0.15, 0.2) is 0 Å². The number of benzene rings is 1. The largest absolute Gasteiger partial charge is 0.497 e. The van der Waals surface area contributed by atoms with Gasteiger partial charge in [0.05, 0.1) is 13.2 Å². The van der Waals surface area contributed by atoms with Crippen molar-refractivity contribution in [3.63, 3.8) is 0 Å². The summed E-state index contributed by atoms with van der Waals surface area (Å²) in [6, 6.07) is 8.00. The molecule has 0 saturated carbocycles. The first-order chi connectivity index (χ1) is 8.79. The topological polar surface area (TPSA) is 50.7 Å². The standard InChI is InChI=1S/C14H21NO3/c1-17-13-4-2-11(3-5-13)14(16)10-15-12-6-8-18-9-7-12/h2-5,12,14-16H,6-10H2,1H3/t14-/m1/s1. The molecule has 1 aromatic carbocycles. The smallest absolute Gasteiger partial charge is 0.118 e. The number of rotatable bonds is 5. The average molecular weight is 251 g/mol. The Morgan fingerprint density at radius 1 is 1.33 bits per heavy atom. The number of ether oxygens (including phenoxy) is 2. The Morgan fingerprint density at radius 2 is 2.00 bits per heavy atom. The van der Waals surface area contributed by atoms with Crippen LogP contribution < -0.4 is 10.1 Å². The minimum atomic E-state index is -0.473. The molecule has 1 fully saturated rings. The summed E-state index contributed by atoms with van der Waals surface area (Å²) in [5.41, 5.74) is 0.912. The van der Waals surface area contributed by atoms with Crippen LogP contribution in [0.5, 0.6) is 5.75 Å². The Balaban J connectivity index is 1.80. The van der Waals surface area contributed by atoms with Crippen molar-refractivity contribution in [2.75, 3.05) is 26.9 Å². The molecule has 18 heavy (non-hydrogen) atoms. The SMILES string of the molecule is COc1ccc([C@H](O)CNC2CCOCC2)cc1. The molecule has 4 heteroatoms. The van der Waals surface area contributed by atoms with E-state index in [1.54, 1.807) is 7.11 Å². The molecule has 2 rings (SSSR count). The molecule has 100 valence electrons. The van der Waals surface area contributed by atoms with Gasteiger partial charge in [-0.25, -0.2) is 0 Å². The number of aliphatic hydroxyl groups is 1. The molecule has 1 atom stereocenters. The van der Waals surface area contributed by atoms with Crippen LogP contribution in [0.25, 0.3) is 0 Å². The monoisotopic (exact) mass is 251 g/mol. The van der Waals surface area contributed by atoms with Crippen molar-refractivity contribution in [2.45, 2.75) is 25.0 Å². The summed E-state index contributed by atoms with van der Waals surface area (Å²) in [7, 11) is 1.64. The third kappa shape index (κ3) is 3.70. The van der Waals surface area contributed by atoms with E-state index >= 15 is 0 Å². The van der Waals surface area contributed by atoms with Gasteiger partial charge in [0.1, 0.15) is 5.75 Å². The molecule has 1 aliphatic rings. The van der Waals surface area contributed by atoms with Crippen molar-refractivity contribution in [1.82, 2.24) is 5.32 Å². The molecule has 1 saturated heterocycles. The summed E-state index contributed by atoms with van der Waals surface area (Å²) >= 11 is 0. The first-order valence-corrected chi connectivity index (χ1v) is 6.42. The third-order valence-electron chi connectivity index (χ3n) is 3.32. The van der Waals surface area contributed by atoms with Crippen LogP contribution in [0.3, 0.4) is 0 Å². The van der Waals surface area contributed by atoms with E-state index in [1.807, 2.05) is 24.3 Å². The maximum atomic E-state index is 10.1. The maximum Gasteiger partial charge on any atom is 0.118 e. The lowest BCUT2D eigenvalue weighted by atomic mass is 10.1. The minimum Gasteiger partial charge on any atom is -0.497 e. The Kier molecular flexibility index (Phi) is 4.99. The summed E-state index contributed by atoms with van der Waals surface area (Å²) < 4.78 is 10.4. The fourth-order valence-corrected chi connectivity index (χ4v) is 2.12. The van der Waals surface area contributed by atoms with E-state index in [0.29, 0.717) is 12.6 Å². The number of nitrogens with one attached hydrogen (secondary N) is 1. The zero-order valence-corrected chi connectivity index (χ0v) is 10.8. The predicted molar refractivity (Wildman–Crippen MR) is 69.8 cm³/mol. The van der Waals surface area contributed by atoms with Crippen LogP contribution in [0.4, 0.5) is 0 Å². The van der Waals surface area contributed by atoms with E-state index in [-0.39, 0.29) is 0 Å². The molecule has 1 heterocycles. The van der Waals surface area contributed by atoms with Crippen molar-refractivity contribution in [3.05, 3.63) is 29.8 Å². The molecule has 1 aromatic rings. The van der Waals surface area contributed by atoms with Crippen molar-refractivity contribution < 1.29 is 14.6 Å². The molecule has 0 unspecified atom stereocenters. The van der Waals surface area contributed by atoms with Crippen LogP contribution in [0.1, 0.15) is 24.5 Å². The Labute approximate surface area is 108 Å². The lowest BCUT2D eigenvalue weighted by Crippen LogP contribution is -2.37. The third-order valence-corrected chi connectivity index (χ3v) is 3.32. The summed E-state index contributed by atoms with van der Waals surface area (Å²) in [4.78, 5) is 0. The van der Waals surface area contributed by atoms with Crippen molar-refractivity contribution in [3.8, 4) is 5.75 Å². The van der Waals surface area contributed by atoms with Crippen molar-refractivity contribution in [1.29, 1.82) is 0 Å². The van der Waals surface area contributed by atoms with Gasteiger partial charge in [-0.2, -0.15) is 0 Å². The van der Waals surface area contributed by atoms with Gasteiger partial charge < -0.3 is 19.9 Å². The van der Waals surface area contributed by atoms with Crippen LogP contribution in [-0.4, -0.2) is 38.0 Å². The number of aliphatic hydroxyl groups excluding tert-OH is 1. The predicted octanol–water partition coefficient (Wildman–Crippen LogP) is 1.50. The van der Waals surface area contributed by atoms with Crippen molar-refractivity contribution in [2.24, 2.45) is 0 Å². The highest BCUT2D eigenvalue weighted by molar-refractivity contribution is 5.28. The highest BCUT2D eigenvalue weighted by Gasteiger charge is 2.15. The van der Waals surface area contributed by atoms with Gasteiger partial charge in [-0.3, -0.25) is 0 Å². The second kappa shape index (κ2) is 6.73. The van der Waals surface area contributed by atoms with E-state index in [1.165, 1.54) is 0 Å². The first kappa shape index (κ1) is 13.3. The Hall–Kier alpha value is -1.10. The van der Waals surface area contributed by atoms with Crippen molar-refractivity contribution >= 4 is 0 Å². The fourth-order valence-electron chi connectivity index (χ4n) is 2.12. The second-order valence-electron chi connectivity index (χ2n) is 4.58. The maximum absolute atomic E-state index is 10.1. The van der Waals surface area contributed by atoms with E-state index in [4.69, 9.17) is 9.47 Å². The lowest BCUT2D eigenvalue weighted by molar-refractivity contribution is 0.0724. The molecule has 2 N–H and O–H groups in total. The van der Waals surface area contributed by atoms with Gasteiger partial charge in [0, 0.05) is 25.8 Å². The van der Waals surface area contributed by atoms with Gasteiger partial charge >= 0.3 is 0 Å². The quantitative estimate of drug-likeness (QED) is 0.832. The summed E-state index contributed by atoms with van der Waals surface area (Å²) in [5, 5.41) is 13.5. The molecule has 0 amide bonds. The minimum absolute atomic E-state index is 0.464. The Bertz CT molecular complexity index is 347. The van der Waals surface area contributed by atoms with Gasteiger partial charge in [-0.1, -0.05) is 12.1 Å². The van der Waals surface area contributed by atoms with E-state index < -0.39 is 6.10 Å². The number of hydrogen-bond donors (Lipinski definition) is 2. The van der Waals surface area contributed by atoms with Crippen LogP contribution in [0.2, 0.25) is 0 Å². The zero-order chi connectivity index (χ0) is 12.8. The molecular formula is C14H21NO3. The van der Waals surface area contributed by atoms with Crippen LogP contribution in [-0.2, 0) is 4.74 Å². The van der Waals surface area contributed by atoms with Gasteiger partial charge in [0.25, 0.3) is 0 Å². The molecule has 0 aliphatic carbocycles. The van der Waals surface area contributed by atoms with E-state index in [0.717, 1.165) is 37.4 Å².